The van der Waals surface area contributed by atoms with E-state index in [1.807, 2.05) is 37.3 Å². The Morgan fingerprint density at radius 1 is 1.25 bits per heavy atom. The molecule has 1 N–H and O–H groups in total. The van der Waals surface area contributed by atoms with Crippen molar-refractivity contribution in [3.05, 3.63) is 64.2 Å². The second kappa shape index (κ2) is 6.44. The molecule has 2 rings (SSSR count). The fourth-order valence-corrected chi connectivity index (χ4v) is 2.33. The monoisotopic (exact) mass is 290 g/mol. The standard InChI is InChI=1S/C16H15ClO3/c1-11-7-14(17)8-13(9-15(18)19)16(11)20-10-12-5-3-2-4-6-12/h2-8H,9-10H2,1H3,(H,18,19). The molecule has 2 aromatic rings. The normalized spacial score (nSPS) is 10.3. The molecule has 2 aromatic carbocycles. The zero-order chi connectivity index (χ0) is 14.5. The van der Waals surface area contributed by atoms with Crippen molar-refractivity contribution in [2.24, 2.45) is 0 Å². The van der Waals surface area contributed by atoms with Gasteiger partial charge in [0.2, 0.25) is 0 Å². The molecular weight excluding hydrogens is 276 g/mol. The summed E-state index contributed by atoms with van der Waals surface area (Å²) in [5.74, 6) is -0.308. The van der Waals surface area contributed by atoms with E-state index in [2.05, 4.69) is 0 Å². The van der Waals surface area contributed by atoms with Gasteiger partial charge in [-0.3, -0.25) is 4.79 Å². The lowest BCUT2D eigenvalue weighted by Crippen LogP contribution is -2.05. The van der Waals surface area contributed by atoms with Gasteiger partial charge in [0.15, 0.2) is 0 Å². The molecule has 0 spiro atoms. The minimum absolute atomic E-state index is 0.106. The lowest BCUT2D eigenvalue weighted by atomic mass is 10.1. The fourth-order valence-electron chi connectivity index (χ4n) is 2.03. The summed E-state index contributed by atoms with van der Waals surface area (Å²) >= 11 is 5.97. The van der Waals surface area contributed by atoms with Gasteiger partial charge in [0, 0.05) is 10.6 Å². The second-order valence-corrected chi connectivity index (χ2v) is 4.99. The van der Waals surface area contributed by atoms with Gasteiger partial charge in [-0.15, -0.1) is 0 Å². The number of halogens is 1. The van der Waals surface area contributed by atoms with Gasteiger partial charge in [-0.25, -0.2) is 0 Å². The molecule has 0 aliphatic rings. The number of hydrogen-bond acceptors (Lipinski definition) is 2. The molecule has 0 radical (unpaired) electrons. The maximum Gasteiger partial charge on any atom is 0.307 e. The highest BCUT2D eigenvalue weighted by molar-refractivity contribution is 6.30. The summed E-state index contributed by atoms with van der Waals surface area (Å²) in [5.41, 5.74) is 2.46. The quantitative estimate of drug-likeness (QED) is 0.909. The summed E-state index contributed by atoms with van der Waals surface area (Å²) in [5, 5.41) is 9.48. The smallest absolute Gasteiger partial charge is 0.307 e. The first-order valence-electron chi connectivity index (χ1n) is 6.24. The lowest BCUT2D eigenvalue weighted by Gasteiger charge is -2.14. The van der Waals surface area contributed by atoms with Crippen molar-refractivity contribution in [3.63, 3.8) is 0 Å². The largest absolute Gasteiger partial charge is 0.488 e. The molecule has 0 saturated heterocycles. The van der Waals surface area contributed by atoms with Crippen LogP contribution in [0.4, 0.5) is 0 Å². The van der Waals surface area contributed by atoms with Crippen LogP contribution < -0.4 is 4.74 Å². The first-order valence-corrected chi connectivity index (χ1v) is 6.61. The van der Waals surface area contributed by atoms with E-state index >= 15 is 0 Å². The minimum Gasteiger partial charge on any atom is -0.488 e. The van der Waals surface area contributed by atoms with Crippen LogP contribution in [0.25, 0.3) is 0 Å². The zero-order valence-electron chi connectivity index (χ0n) is 11.1. The van der Waals surface area contributed by atoms with Crippen LogP contribution in [0.1, 0.15) is 16.7 Å². The Balaban J connectivity index is 2.23. The molecule has 0 atom stereocenters. The average Bonchev–Trinajstić information content (AvgIpc) is 2.38. The van der Waals surface area contributed by atoms with Crippen molar-refractivity contribution in [2.75, 3.05) is 0 Å². The molecule has 20 heavy (non-hydrogen) atoms. The maximum absolute atomic E-state index is 10.9. The molecule has 0 aliphatic heterocycles. The highest BCUT2D eigenvalue weighted by Crippen LogP contribution is 2.29. The van der Waals surface area contributed by atoms with Crippen LogP contribution in [-0.4, -0.2) is 11.1 Å². The Labute approximate surface area is 122 Å². The van der Waals surface area contributed by atoms with Crippen LogP contribution in [0.2, 0.25) is 5.02 Å². The topological polar surface area (TPSA) is 46.5 Å². The summed E-state index contributed by atoms with van der Waals surface area (Å²) in [6, 6.07) is 13.1. The highest BCUT2D eigenvalue weighted by Gasteiger charge is 2.12. The van der Waals surface area contributed by atoms with Gasteiger partial charge in [-0.05, 0) is 30.2 Å². The SMILES string of the molecule is Cc1cc(Cl)cc(CC(=O)O)c1OCc1ccccc1. The molecule has 0 fully saturated rings. The van der Waals surface area contributed by atoms with Gasteiger partial charge in [0.25, 0.3) is 0 Å². The summed E-state index contributed by atoms with van der Waals surface area (Å²) in [6.45, 7) is 2.26. The maximum atomic E-state index is 10.9. The number of aliphatic carboxylic acids is 1. The van der Waals surface area contributed by atoms with E-state index < -0.39 is 5.97 Å². The summed E-state index contributed by atoms with van der Waals surface area (Å²) in [4.78, 5) is 10.9. The summed E-state index contributed by atoms with van der Waals surface area (Å²) < 4.78 is 5.79. The van der Waals surface area contributed by atoms with Gasteiger partial charge in [-0.1, -0.05) is 41.9 Å². The van der Waals surface area contributed by atoms with Crippen molar-refractivity contribution in [2.45, 2.75) is 20.0 Å². The predicted molar refractivity (Wildman–Crippen MR) is 78.3 cm³/mol. The van der Waals surface area contributed by atoms with Crippen molar-refractivity contribution >= 4 is 17.6 Å². The van der Waals surface area contributed by atoms with Gasteiger partial charge in [0.1, 0.15) is 12.4 Å². The Kier molecular flexibility index (Phi) is 4.64. The number of rotatable bonds is 5. The first kappa shape index (κ1) is 14.4. The van der Waals surface area contributed by atoms with Crippen LogP contribution in [0, 0.1) is 6.92 Å². The molecule has 0 amide bonds. The van der Waals surface area contributed by atoms with Crippen molar-refractivity contribution in [3.8, 4) is 5.75 Å². The van der Waals surface area contributed by atoms with Crippen molar-refractivity contribution in [1.82, 2.24) is 0 Å². The number of carbonyl (C=O) groups is 1. The van der Waals surface area contributed by atoms with E-state index in [0.717, 1.165) is 11.1 Å². The second-order valence-electron chi connectivity index (χ2n) is 4.56. The van der Waals surface area contributed by atoms with Crippen molar-refractivity contribution < 1.29 is 14.6 Å². The third-order valence-corrected chi connectivity index (χ3v) is 3.10. The first-order chi connectivity index (χ1) is 9.56. The van der Waals surface area contributed by atoms with E-state index in [0.29, 0.717) is 22.9 Å². The van der Waals surface area contributed by atoms with Crippen LogP contribution in [0.3, 0.4) is 0 Å². The third kappa shape index (κ3) is 3.75. The molecule has 0 unspecified atom stereocenters. The molecule has 0 aromatic heterocycles. The number of aryl methyl sites for hydroxylation is 1. The van der Waals surface area contributed by atoms with E-state index in [1.165, 1.54) is 0 Å². The third-order valence-electron chi connectivity index (χ3n) is 2.88. The van der Waals surface area contributed by atoms with Gasteiger partial charge < -0.3 is 9.84 Å². The predicted octanol–water partition coefficient (Wildman–Crippen LogP) is 3.85. The molecule has 3 nitrogen and oxygen atoms in total. The highest BCUT2D eigenvalue weighted by atomic mass is 35.5. The molecule has 0 saturated carbocycles. The Morgan fingerprint density at radius 3 is 2.60 bits per heavy atom. The Morgan fingerprint density at radius 2 is 1.95 bits per heavy atom. The van der Waals surface area contributed by atoms with Crippen LogP contribution in [-0.2, 0) is 17.8 Å². The van der Waals surface area contributed by atoms with Crippen molar-refractivity contribution in [1.29, 1.82) is 0 Å². The number of benzene rings is 2. The van der Waals surface area contributed by atoms with E-state index in [1.54, 1.807) is 12.1 Å². The van der Waals surface area contributed by atoms with Gasteiger partial charge in [-0.2, -0.15) is 0 Å². The number of carboxylic acid groups (broad SMARTS) is 1. The number of ether oxygens (including phenoxy) is 1. The van der Waals surface area contributed by atoms with Crippen LogP contribution >= 0.6 is 11.6 Å². The van der Waals surface area contributed by atoms with Gasteiger partial charge >= 0.3 is 5.97 Å². The van der Waals surface area contributed by atoms with E-state index in [4.69, 9.17) is 21.4 Å². The minimum atomic E-state index is -0.906. The summed E-state index contributed by atoms with van der Waals surface area (Å²) in [6.07, 6.45) is -0.106. The molecule has 104 valence electrons. The molecular formula is C16H15ClO3. The van der Waals surface area contributed by atoms with Crippen LogP contribution in [0.15, 0.2) is 42.5 Å². The zero-order valence-corrected chi connectivity index (χ0v) is 11.9. The Hall–Kier alpha value is -2.00. The molecule has 0 bridgehead atoms. The summed E-state index contributed by atoms with van der Waals surface area (Å²) in [7, 11) is 0. The molecule has 0 aliphatic carbocycles. The Bertz CT molecular complexity index is 609. The molecule has 0 heterocycles. The van der Waals surface area contributed by atoms with E-state index in [9.17, 15) is 4.79 Å². The lowest BCUT2D eigenvalue weighted by molar-refractivity contribution is -0.136. The van der Waals surface area contributed by atoms with E-state index in [-0.39, 0.29) is 6.42 Å². The van der Waals surface area contributed by atoms with Gasteiger partial charge in [0.05, 0.1) is 6.42 Å². The number of hydrogen-bond donors (Lipinski definition) is 1. The fraction of sp³-hybridized carbons (Fsp3) is 0.188. The average molecular weight is 291 g/mol. The number of carboxylic acids is 1. The van der Waals surface area contributed by atoms with Crippen LogP contribution in [0.5, 0.6) is 5.75 Å². The molecule has 4 heteroatoms.